The third-order valence-corrected chi connectivity index (χ3v) is 6.07. The highest BCUT2D eigenvalue weighted by atomic mass is 32.1. The normalized spacial score (nSPS) is 11.5. The lowest BCUT2D eigenvalue weighted by atomic mass is 10.1. The van der Waals surface area contributed by atoms with Crippen molar-refractivity contribution in [1.29, 1.82) is 0 Å². The van der Waals surface area contributed by atoms with Gasteiger partial charge in [-0.25, -0.2) is 9.31 Å². The maximum absolute atomic E-state index is 12.2. The standard InChI is InChI=1S/C22H29N3O7S/c1-22(2,3)24(21(26)27)17-18(31-7)23-25-16(20(32-8)33-19(17)25)15-13(29-5)9-12(11-28-4)10-14(15)30-6/h9-10H,11H2,1-8H3,(H,26,27). The first-order chi connectivity index (χ1) is 15.6. The fourth-order valence-electron chi connectivity index (χ4n) is 3.68. The van der Waals surface area contributed by atoms with Crippen LogP contribution in [0.4, 0.5) is 10.5 Å². The summed E-state index contributed by atoms with van der Waals surface area (Å²) in [7, 11) is 7.73. The smallest absolute Gasteiger partial charge is 0.412 e. The number of nitrogens with zero attached hydrogens (tertiary/aromatic N) is 3. The largest absolute Gasteiger partial charge is 0.496 e. The van der Waals surface area contributed by atoms with Gasteiger partial charge in [-0.15, -0.1) is 5.10 Å². The Morgan fingerprint density at radius 1 is 1.06 bits per heavy atom. The van der Waals surface area contributed by atoms with Gasteiger partial charge in [0.15, 0.2) is 4.83 Å². The molecular formula is C22H29N3O7S. The van der Waals surface area contributed by atoms with Gasteiger partial charge >= 0.3 is 6.09 Å². The zero-order valence-corrected chi connectivity index (χ0v) is 20.8. The summed E-state index contributed by atoms with van der Waals surface area (Å²) in [6.07, 6.45) is -1.12. The number of rotatable bonds is 8. The molecule has 0 bridgehead atoms. The molecule has 0 atom stereocenters. The average Bonchev–Trinajstić information content (AvgIpc) is 3.28. The Balaban J connectivity index is 2.42. The Labute approximate surface area is 196 Å². The molecule has 0 unspecified atom stereocenters. The molecule has 0 fully saturated rings. The lowest BCUT2D eigenvalue weighted by molar-refractivity contribution is 0.184. The number of ether oxygens (including phenoxy) is 5. The van der Waals surface area contributed by atoms with Crippen molar-refractivity contribution in [2.45, 2.75) is 32.9 Å². The fourth-order valence-corrected chi connectivity index (χ4v) is 4.72. The number of carboxylic acid groups (broad SMARTS) is 1. The van der Waals surface area contributed by atoms with Gasteiger partial charge in [0.05, 0.1) is 40.6 Å². The Kier molecular flexibility index (Phi) is 6.94. The van der Waals surface area contributed by atoms with E-state index < -0.39 is 11.6 Å². The summed E-state index contributed by atoms with van der Waals surface area (Å²) < 4.78 is 29.4. The molecule has 0 aliphatic rings. The van der Waals surface area contributed by atoms with Crippen LogP contribution in [0.25, 0.3) is 16.1 Å². The van der Waals surface area contributed by atoms with Crippen LogP contribution in [0.1, 0.15) is 26.3 Å². The number of thiazole rings is 1. The van der Waals surface area contributed by atoms with Crippen LogP contribution in [0, 0.1) is 0 Å². The monoisotopic (exact) mass is 479 g/mol. The minimum Gasteiger partial charge on any atom is -0.496 e. The second-order valence-corrected chi connectivity index (χ2v) is 9.08. The second kappa shape index (κ2) is 9.36. The van der Waals surface area contributed by atoms with E-state index in [9.17, 15) is 9.90 Å². The van der Waals surface area contributed by atoms with Crippen molar-refractivity contribution >= 4 is 27.9 Å². The molecule has 10 nitrogen and oxygen atoms in total. The van der Waals surface area contributed by atoms with Crippen LogP contribution in [0.3, 0.4) is 0 Å². The maximum Gasteiger partial charge on any atom is 0.412 e. The van der Waals surface area contributed by atoms with Crippen LogP contribution < -0.4 is 23.8 Å². The van der Waals surface area contributed by atoms with Crippen LogP contribution in [-0.2, 0) is 11.3 Å². The van der Waals surface area contributed by atoms with Gasteiger partial charge in [0.25, 0.3) is 5.88 Å². The van der Waals surface area contributed by atoms with Crippen LogP contribution in [-0.4, -0.2) is 61.9 Å². The van der Waals surface area contributed by atoms with E-state index in [0.29, 0.717) is 44.9 Å². The number of hydrogen-bond acceptors (Lipinski definition) is 8. The molecule has 1 N–H and O–H groups in total. The SMILES string of the molecule is COCc1cc(OC)c(-c2c(OC)sc3c(N(C(=O)O)C(C)(C)C)c(OC)nn23)c(OC)c1. The number of aromatic nitrogens is 2. The highest BCUT2D eigenvalue weighted by Gasteiger charge is 2.37. The summed E-state index contributed by atoms with van der Waals surface area (Å²) in [4.78, 5) is 14.0. The number of hydrogen-bond donors (Lipinski definition) is 1. The minimum atomic E-state index is -1.12. The molecule has 1 amide bonds. The summed E-state index contributed by atoms with van der Waals surface area (Å²) in [6.45, 7) is 5.78. The van der Waals surface area contributed by atoms with Crippen molar-refractivity contribution in [3.63, 3.8) is 0 Å². The second-order valence-electron chi connectivity index (χ2n) is 8.11. The highest BCUT2D eigenvalue weighted by molar-refractivity contribution is 7.20. The molecule has 3 rings (SSSR count). The summed E-state index contributed by atoms with van der Waals surface area (Å²) in [5.74, 6) is 1.24. The summed E-state index contributed by atoms with van der Waals surface area (Å²) >= 11 is 1.25. The molecule has 0 saturated carbocycles. The van der Waals surface area contributed by atoms with Gasteiger partial charge in [0, 0.05) is 12.6 Å². The van der Waals surface area contributed by atoms with Crippen molar-refractivity contribution in [1.82, 2.24) is 9.61 Å². The first-order valence-electron chi connectivity index (χ1n) is 10.0. The topological polar surface area (TPSA) is 104 Å². The predicted octanol–water partition coefficient (Wildman–Crippen LogP) is 4.53. The highest BCUT2D eigenvalue weighted by Crippen LogP contribution is 2.51. The number of carbonyl (C=O) groups is 1. The van der Waals surface area contributed by atoms with E-state index in [0.717, 1.165) is 5.56 Å². The van der Waals surface area contributed by atoms with E-state index in [2.05, 4.69) is 5.10 Å². The molecule has 33 heavy (non-hydrogen) atoms. The van der Waals surface area contributed by atoms with Gasteiger partial charge in [0.1, 0.15) is 22.9 Å². The Morgan fingerprint density at radius 3 is 2.09 bits per heavy atom. The minimum absolute atomic E-state index is 0.177. The van der Waals surface area contributed by atoms with E-state index in [1.807, 2.05) is 12.1 Å². The van der Waals surface area contributed by atoms with Gasteiger partial charge in [-0.1, -0.05) is 11.3 Å². The quantitative estimate of drug-likeness (QED) is 0.503. The molecule has 0 radical (unpaired) electrons. The Bertz CT molecular complexity index is 1140. The van der Waals surface area contributed by atoms with Gasteiger partial charge < -0.3 is 28.8 Å². The van der Waals surface area contributed by atoms with Crippen LogP contribution in [0.5, 0.6) is 22.4 Å². The molecule has 11 heteroatoms. The first kappa shape index (κ1) is 24.5. The van der Waals surface area contributed by atoms with Crippen LogP contribution in [0.15, 0.2) is 12.1 Å². The van der Waals surface area contributed by atoms with Gasteiger partial charge in [0.2, 0.25) is 5.06 Å². The Morgan fingerprint density at radius 2 is 1.67 bits per heavy atom. The summed E-state index contributed by atoms with van der Waals surface area (Å²) in [6, 6.07) is 3.70. The maximum atomic E-state index is 12.2. The van der Waals surface area contributed by atoms with E-state index in [4.69, 9.17) is 23.7 Å². The first-order valence-corrected chi connectivity index (χ1v) is 10.8. The fraction of sp³-hybridized carbons (Fsp3) is 0.455. The Hall–Kier alpha value is -3.18. The number of amides is 1. The van der Waals surface area contributed by atoms with Gasteiger partial charge in [-0.2, -0.15) is 0 Å². The van der Waals surface area contributed by atoms with Crippen LogP contribution in [0.2, 0.25) is 0 Å². The molecule has 0 saturated heterocycles. The van der Waals surface area contributed by atoms with Crippen LogP contribution >= 0.6 is 11.3 Å². The molecular weight excluding hydrogens is 450 g/mol. The van der Waals surface area contributed by atoms with Crippen molar-refractivity contribution < 1.29 is 33.6 Å². The molecule has 1 aromatic carbocycles. The van der Waals surface area contributed by atoms with Crippen molar-refractivity contribution in [3.8, 4) is 33.7 Å². The third kappa shape index (κ3) is 4.25. The molecule has 2 aromatic heterocycles. The lowest BCUT2D eigenvalue weighted by Gasteiger charge is -2.32. The lowest BCUT2D eigenvalue weighted by Crippen LogP contribution is -2.45. The molecule has 180 valence electrons. The van der Waals surface area contributed by atoms with Gasteiger partial charge in [-0.3, -0.25) is 4.90 Å². The molecule has 0 spiro atoms. The molecule has 0 aliphatic carbocycles. The zero-order chi connectivity index (χ0) is 24.5. The zero-order valence-electron chi connectivity index (χ0n) is 20.0. The average molecular weight is 480 g/mol. The number of benzene rings is 1. The van der Waals surface area contributed by atoms with E-state index in [1.54, 1.807) is 53.7 Å². The number of methoxy groups -OCH3 is 5. The van der Waals surface area contributed by atoms with Crippen molar-refractivity contribution in [3.05, 3.63) is 17.7 Å². The molecule has 2 heterocycles. The van der Waals surface area contributed by atoms with E-state index >= 15 is 0 Å². The van der Waals surface area contributed by atoms with Crippen molar-refractivity contribution in [2.24, 2.45) is 0 Å². The summed E-state index contributed by atoms with van der Waals surface area (Å²) in [5.41, 5.74) is 1.61. The molecule has 3 aromatic rings. The number of fused-ring (bicyclic) bond motifs is 1. The predicted molar refractivity (Wildman–Crippen MR) is 126 cm³/mol. The molecule has 0 aliphatic heterocycles. The van der Waals surface area contributed by atoms with Gasteiger partial charge in [-0.05, 0) is 38.5 Å². The number of anilines is 1. The van der Waals surface area contributed by atoms with E-state index in [-0.39, 0.29) is 5.88 Å². The third-order valence-electron chi connectivity index (χ3n) is 4.96. The van der Waals surface area contributed by atoms with Crippen molar-refractivity contribution in [2.75, 3.05) is 40.4 Å². The summed E-state index contributed by atoms with van der Waals surface area (Å²) in [5, 5.41) is 15.1. The van der Waals surface area contributed by atoms with E-state index in [1.165, 1.54) is 23.3 Å².